The largest absolute Gasteiger partial charge is 0.465 e. The first-order valence-electron chi connectivity index (χ1n) is 9.40. The zero-order valence-corrected chi connectivity index (χ0v) is 16.4. The van der Waals surface area contributed by atoms with Crippen LogP contribution in [0, 0.1) is 10.1 Å². The molecule has 8 nitrogen and oxygen atoms in total. The van der Waals surface area contributed by atoms with Crippen molar-refractivity contribution in [1.29, 1.82) is 0 Å². The van der Waals surface area contributed by atoms with Gasteiger partial charge in [0.25, 0.3) is 11.2 Å². The van der Waals surface area contributed by atoms with E-state index in [4.69, 9.17) is 4.74 Å². The maximum absolute atomic E-state index is 12.9. The summed E-state index contributed by atoms with van der Waals surface area (Å²) in [6.45, 7) is 2.56. The minimum Gasteiger partial charge on any atom is -0.465 e. The zero-order valence-electron chi connectivity index (χ0n) is 16.4. The van der Waals surface area contributed by atoms with Crippen molar-refractivity contribution in [3.05, 3.63) is 92.9 Å². The van der Waals surface area contributed by atoms with Crippen molar-refractivity contribution >= 4 is 17.3 Å². The van der Waals surface area contributed by atoms with Gasteiger partial charge in [-0.05, 0) is 54.4 Å². The van der Waals surface area contributed by atoms with Crippen LogP contribution in [0.15, 0.2) is 71.7 Å². The highest BCUT2D eigenvalue weighted by molar-refractivity contribution is 5.74. The Kier molecular flexibility index (Phi) is 6.59. The number of hydrogen-bond acceptors (Lipinski definition) is 6. The van der Waals surface area contributed by atoms with E-state index in [0.29, 0.717) is 24.3 Å². The summed E-state index contributed by atoms with van der Waals surface area (Å²) in [6.07, 6.45) is 1.70. The summed E-state index contributed by atoms with van der Waals surface area (Å²) in [4.78, 5) is 34.6. The minimum absolute atomic E-state index is 0.0216. The van der Waals surface area contributed by atoms with E-state index >= 15 is 0 Å². The number of carbonyl (C=O) groups excluding carboxylic acids is 1. The molecule has 3 rings (SSSR count). The lowest BCUT2D eigenvalue weighted by molar-refractivity contribution is -0.384. The van der Waals surface area contributed by atoms with Crippen LogP contribution in [-0.4, -0.2) is 28.6 Å². The Morgan fingerprint density at radius 2 is 1.80 bits per heavy atom. The Balaban J connectivity index is 1.73. The van der Waals surface area contributed by atoms with Gasteiger partial charge in [0.1, 0.15) is 6.54 Å². The van der Waals surface area contributed by atoms with Gasteiger partial charge in [-0.2, -0.15) is 0 Å². The van der Waals surface area contributed by atoms with Crippen LogP contribution in [0.3, 0.4) is 0 Å². The van der Waals surface area contributed by atoms with E-state index in [1.165, 1.54) is 12.1 Å². The maximum Gasteiger partial charge on any atom is 0.325 e. The van der Waals surface area contributed by atoms with E-state index in [2.05, 4.69) is 5.32 Å². The predicted octanol–water partition coefficient (Wildman–Crippen LogP) is 3.45. The van der Waals surface area contributed by atoms with Gasteiger partial charge in [0.05, 0.1) is 18.1 Å². The zero-order chi connectivity index (χ0) is 21.5. The number of nitrogens with one attached hydrogen (secondary N) is 1. The van der Waals surface area contributed by atoms with Gasteiger partial charge in [0.2, 0.25) is 0 Å². The number of non-ortho nitro benzene ring substituents is 1. The van der Waals surface area contributed by atoms with E-state index in [-0.39, 0.29) is 23.8 Å². The summed E-state index contributed by atoms with van der Waals surface area (Å²) in [6, 6.07) is 16.8. The topological polar surface area (TPSA) is 103 Å². The SMILES string of the molecule is CCOC(=O)CNc1ccc(Cn2cccc(-c3ccc([N+](=O)[O-])cc3)c2=O)cc1. The number of anilines is 1. The molecular formula is C22H21N3O5. The van der Waals surface area contributed by atoms with Crippen LogP contribution >= 0.6 is 0 Å². The van der Waals surface area contributed by atoms with Crippen LogP contribution in [-0.2, 0) is 16.1 Å². The van der Waals surface area contributed by atoms with Gasteiger partial charge >= 0.3 is 5.97 Å². The molecule has 0 saturated carbocycles. The van der Waals surface area contributed by atoms with Gasteiger partial charge in [0, 0.05) is 29.6 Å². The third kappa shape index (κ3) is 5.11. The normalized spacial score (nSPS) is 10.4. The van der Waals surface area contributed by atoms with Gasteiger partial charge in [0.15, 0.2) is 0 Å². The van der Waals surface area contributed by atoms with Crippen molar-refractivity contribution in [3.63, 3.8) is 0 Å². The second kappa shape index (κ2) is 9.51. The molecule has 0 spiro atoms. The summed E-state index contributed by atoms with van der Waals surface area (Å²) >= 11 is 0. The summed E-state index contributed by atoms with van der Waals surface area (Å²) < 4.78 is 6.45. The van der Waals surface area contributed by atoms with E-state index in [0.717, 1.165) is 11.3 Å². The molecule has 8 heteroatoms. The number of ether oxygens (including phenoxy) is 1. The second-order valence-electron chi connectivity index (χ2n) is 6.51. The molecule has 3 aromatic rings. The molecule has 30 heavy (non-hydrogen) atoms. The van der Waals surface area contributed by atoms with Gasteiger partial charge in [-0.25, -0.2) is 0 Å². The fraction of sp³-hybridized carbons (Fsp3) is 0.182. The first kappa shape index (κ1) is 20.8. The molecule has 154 valence electrons. The van der Waals surface area contributed by atoms with Gasteiger partial charge in [-0.3, -0.25) is 19.7 Å². The molecular weight excluding hydrogens is 386 g/mol. The highest BCUT2D eigenvalue weighted by atomic mass is 16.6. The summed E-state index contributed by atoms with van der Waals surface area (Å²) in [5.41, 5.74) is 2.58. The van der Waals surface area contributed by atoms with Crippen LogP contribution in [0.5, 0.6) is 0 Å². The fourth-order valence-electron chi connectivity index (χ4n) is 2.95. The lowest BCUT2D eigenvalue weighted by Crippen LogP contribution is -2.21. The van der Waals surface area contributed by atoms with Crippen molar-refractivity contribution in [3.8, 4) is 11.1 Å². The Morgan fingerprint density at radius 1 is 1.10 bits per heavy atom. The number of aromatic nitrogens is 1. The van der Waals surface area contributed by atoms with E-state index < -0.39 is 4.92 Å². The molecule has 0 aliphatic heterocycles. The molecule has 0 bridgehead atoms. The summed E-state index contributed by atoms with van der Waals surface area (Å²) in [7, 11) is 0. The predicted molar refractivity (Wildman–Crippen MR) is 113 cm³/mol. The van der Waals surface area contributed by atoms with Crippen LogP contribution < -0.4 is 10.9 Å². The van der Waals surface area contributed by atoms with E-state index in [1.807, 2.05) is 24.3 Å². The van der Waals surface area contributed by atoms with Crippen molar-refractivity contribution in [2.45, 2.75) is 13.5 Å². The molecule has 1 heterocycles. The Hall–Kier alpha value is -3.94. The number of benzene rings is 2. The standard InChI is InChI=1S/C22H21N3O5/c1-2-30-21(26)14-23-18-9-5-16(6-10-18)15-24-13-3-4-20(22(24)27)17-7-11-19(12-8-17)25(28)29/h3-13,23H,2,14-15H2,1H3. The van der Waals surface area contributed by atoms with Crippen molar-refractivity contribution in [2.75, 3.05) is 18.5 Å². The van der Waals surface area contributed by atoms with Crippen molar-refractivity contribution in [2.24, 2.45) is 0 Å². The molecule has 0 saturated heterocycles. The Morgan fingerprint density at radius 3 is 2.43 bits per heavy atom. The second-order valence-corrected chi connectivity index (χ2v) is 6.51. The average molecular weight is 407 g/mol. The average Bonchev–Trinajstić information content (AvgIpc) is 2.75. The number of esters is 1. The third-order valence-electron chi connectivity index (χ3n) is 4.46. The van der Waals surface area contributed by atoms with Crippen LogP contribution in [0.25, 0.3) is 11.1 Å². The summed E-state index contributed by atoms with van der Waals surface area (Å²) in [5, 5.41) is 13.8. The molecule has 0 unspecified atom stereocenters. The number of nitro benzene ring substituents is 1. The fourth-order valence-corrected chi connectivity index (χ4v) is 2.95. The third-order valence-corrected chi connectivity index (χ3v) is 4.46. The number of nitro groups is 1. The van der Waals surface area contributed by atoms with Crippen molar-refractivity contribution in [1.82, 2.24) is 4.57 Å². The molecule has 0 aliphatic carbocycles. The minimum atomic E-state index is -0.474. The molecule has 0 amide bonds. The molecule has 0 fully saturated rings. The highest BCUT2D eigenvalue weighted by Gasteiger charge is 2.10. The van der Waals surface area contributed by atoms with Gasteiger partial charge < -0.3 is 14.6 Å². The molecule has 0 radical (unpaired) electrons. The Bertz CT molecular complexity index is 1090. The van der Waals surface area contributed by atoms with Crippen molar-refractivity contribution < 1.29 is 14.5 Å². The number of pyridine rings is 1. The first-order chi connectivity index (χ1) is 14.5. The number of hydrogen-bond donors (Lipinski definition) is 1. The summed E-state index contributed by atoms with van der Waals surface area (Å²) in [5.74, 6) is -0.323. The van der Waals surface area contributed by atoms with Gasteiger partial charge in [-0.1, -0.05) is 12.1 Å². The van der Waals surface area contributed by atoms with E-state index in [1.54, 1.807) is 42.0 Å². The quantitative estimate of drug-likeness (QED) is 0.348. The van der Waals surface area contributed by atoms with Crippen LogP contribution in [0.2, 0.25) is 0 Å². The monoisotopic (exact) mass is 407 g/mol. The van der Waals surface area contributed by atoms with Crippen LogP contribution in [0.4, 0.5) is 11.4 Å². The first-order valence-corrected chi connectivity index (χ1v) is 9.40. The molecule has 0 aliphatic rings. The molecule has 0 atom stereocenters. The molecule has 1 aromatic heterocycles. The maximum atomic E-state index is 12.9. The lowest BCUT2D eigenvalue weighted by atomic mass is 10.1. The molecule has 1 N–H and O–H groups in total. The smallest absolute Gasteiger partial charge is 0.325 e. The van der Waals surface area contributed by atoms with Crippen LogP contribution in [0.1, 0.15) is 12.5 Å². The number of carbonyl (C=O) groups is 1. The molecule has 2 aromatic carbocycles. The van der Waals surface area contributed by atoms with Gasteiger partial charge in [-0.15, -0.1) is 0 Å². The lowest BCUT2D eigenvalue weighted by Gasteiger charge is -2.10. The number of rotatable bonds is 8. The highest BCUT2D eigenvalue weighted by Crippen LogP contribution is 2.20. The Labute approximate surface area is 172 Å². The van der Waals surface area contributed by atoms with E-state index in [9.17, 15) is 19.7 Å². The number of nitrogens with zero attached hydrogens (tertiary/aromatic N) is 2.